The van der Waals surface area contributed by atoms with Crippen LogP contribution in [0.15, 0.2) is 36.4 Å². The van der Waals surface area contributed by atoms with Crippen molar-refractivity contribution in [1.82, 2.24) is 0 Å². The van der Waals surface area contributed by atoms with Gasteiger partial charge in [0, 0.05) is 16.5 Å². The van der Waals surface area contributed by atoms with Gasteiger partial charge in [-0.2, -0.15) is 0 Å². The van der Waals surface area contributed by atoms with Crippen molar-refractivity contribution < 1.29 is 10.2 Å². The summed E-state index contributed by atoms with van der Waals surface area (Å²) in [5.41, 5.74) is 3.59. The van der Waals surface area contributed by atoms with E-state index >= 15 is 0 Å². The molecule has 2 fully saturated rings. The second kappa shape index (κ2) is 8.42. The third-order valence-corrected chi connectivity index (χ3v) is 7.57. The zero-order chi connectivity index (χ0) is 20.4. The van der Waals surface area contributed by atoms with Crippen LogP contribution in [0.1, 0.15) is 112 Å². The van der Waals surface area contributed by atoms with E-state index in [0.717, 1.165) is 22.3 Å². The van der Waals surface area contributed by atoms with E-state index in [9.17, 15) is 10.2 Å². The molecule has 0 radical (unpaired) electrons. The molecule has 29 heavy (non-hydrogen) atoms. The van der Waals surface area contributed by atoms with Crippen LogP contribution in [0.2, 0.25) is 0 Å². The Labute approximate surface area is 176 Å². The fourth-order valence-electron chi connectivity index (χ4n) is 5.76. The molecule has 2 aromatic carbocycles. The van der Waals surface area contributed by atoms with Gasteiger partial charge in [0.05, 0.1) is 0 Å². The van der Waals surface area contributed by atoms with E-state index in [1.807, 2.05) is 12.1 Å². The van der Waals surface area contributed by atoms with E-state index in [1.165, 1.54) is 64.2 Å². The van der Waals surface area contributed by atoms with Crippen LogP contribution in [0.25, 0.3) is 0 Å². The summed E-state index contributed by atoms with van der Waals surface area (Å²) >= 11 is 0. The molecule has 0 aromatic heterocycles. The van der Waals surface area contributed by atoms with E-state index in [4.69, 9.17) is 0 Å². The minimum absolute atomic E-state index is 0.437. The van der Waals surface area contributed by atoms with Gasteiger partial charge in [-0.05, 0) is 48.6 Å². The molecule has 0 atom stereocenters. The lowest BCUT2D eigenvalue weighted by molar-refractivity contribution is 0.396. The summed E-state index contributed by atoms with van der Waals surface area (Å²) in [6.07, 6.45) is 12.3. The van der Waals surface area contributed by atoms with Gasteiger partial charge in [0.1, 0.15) is 11.5 Å². The SMILES string of the molecule is CC(C)(c1cccc(C2CCCCC2)c1O)c1cccc(C2CCCCC2)c1O. The maximum atomic E-state index is 11.3. The number of hydrogen-bond donors (Lipinski definition) is 2. The van der Waals surface area contributed by atoms with Crippen LogP contribution in [0.4, 0.5) is 0 Å². The summed E-state index contributed by atoms with van der Waals surface area (Å²) in [7, 11) is 0. The fraction of sp³-hybridized carbons (Fsp3) is 0.556. The van der Waals surface area contributed by atoms with Gasteiger partial charge < -0.3 is 10.2 Å². The zero-order valence-corrected chi connectivity index (χ0v) is 18.1. The van der Waals surface area contributed by atoms with Crippen LogP contribution < -0.4 is 0 Å². The van der Waals surface area contributed by atoms with E-state index in [2.05, 4.69) is 38.1 Å². The smallest absolute Gasteiger partial charge is 0.123 e. The first-order valence-corrected chi connectivity index (χ1v) is 11.6. The first-order chi connectivity index (χ1) is 14.0. The molecule has 2 aliphatic rings. The number of aromatic hydroxyl groups is 2. The van der Waals surface area contributed by atoms with Gasteiger partial charge in [-0.15, -0.1) is 0 Å². The third-order valence-electron chi connectivity index (χ3n) is 7.57. The highest BCUT2D eigenvalue weighted by Crippen LogP contribution is 2.47. The number of phenolic OH excluding ortho intramolecular Hbond substituents is 2. The quantitative estimate of drug-likeness (QED) is 0.565. The van der Waals surface area contributed by atoms with E-state index in [1.54, 1.807) is 0 Å². The minimum atomic E-state index is -0.455. The molecule has 0 aliphatic heterocycles. The Morgan fingerprint density at radius 3 is 1.38 bits per heavy atom. The fourth-order valence-corrected chi connectivity index (χ4v) is 5.76. The Balaban J connectivity index is 1.72. The maximum absolute atomic E-state index is 11.3. The van der Waals surface area contributed by atoms with Gasteiger partial charge in [0.25, 0.3) is 0 Å². The van der Waals surface area contributed by atoms with Gasteiger partial charge in [-0.1, -0.05) is 88.8 Å². The molecule has 2 aliphatic carbocycles. The largest absolute Gasteiger partial charge is 0.507 e. The molecular weight excluding hydrogens is 356 g/mol. The van der Waals surface area contributed by atoms with Gasteiger partial charge in [0.15, 0.2) is 0 Å². The molecule has 0 saturated heterocycles. The van der Waals surface area contributed by atoms with E-state index in [0.29, 0.717) is 23.3 Å². The second-order valence-corrected chi connectivity index (χ2v) is 9.78. The summed E-state index contributed by atoms with van der Waals surface area (Å²) in [4.78, 5) is 0. The van der Waals surface area contributed by atoms with Crippen LogP contribution in [0.5, 0.6) is 11.5 Å². The first-order valence-electron chi connectivity index (χ1n) is 11.6. The molecule has 0 spiro atoms. The highest BCUT2D eigenvalue weighted by Gasteiger charge is 2.33. The Kier molecular flexibility index (Phi) is 5.90. The van der Waals surface area contributed by atoms with Crippen LogP contribution >= 0.6 is 0 Å². The Morgan fingerprint density at radius 1 is 0.621 bits per heavy atom. The molecular formula is C27H36O2. The van der Waals surface area contributed by atoms with Crippen LogP contribution in [-0.2, 0) is 5.41 Å². The molecule has 156 valence electrons. The number of phenols is 2. The monoisotopic (exact) mass is 392 g/mol. The number of para-hydroxylation sites is 2. The lowest BCUT2D eigenvalue weighted by atomic mass is 9.73. The molecule has 2 nitrogen and oxygen atoms in total. The Hall–Kier alpha value is -1.96. The van der Waals surface area contributed by atoms with Crippen molar-refractivity contribution in [2.24, 2.45) is 0 Å². The molecule has 0 unspecified atom stereocenters. The minimum Gasteiger partial charge on any atom is -0.507 e. The molecule has 2 N–H and O–H groups in total. The molecule has 4 rings (SSSR count). The number of rotatable bonds is 4. The van der Waals surface area contributed by atoms with Crippen molar-refractivity contribution >= 4 is 0 Å². The van der Waals surface area contributed by atoms with E-state index < -0.39 is 5.41 Å². The summed E-state index contributed by atoms with van der Waals surface area (Å²) in [5, 5.41) is 22.5. The van der Waals surface area contributed by atoms with Crippen molar-refractivity contribution in [2.45, 2.75) is 95.3 Å². The average molecular weight is 393 g/mol. The molecule has 2 heteroatoms. The van der Waals surface area contributed by atoms with Crippen LogP contribution in [0, 0.1) is 0 Å². The third kappa shape index (κ3) is 3.91. The number of hydrogen-bond acceptors (Lipinski definition) is 2. The summed E-state index contributed by atoms with van der Waals surface area (Å²) in [6.45, 7) is 4.26. The summed E-state index contributed by atoms with van der Waals surface area (Å²) < 4.78 is 0. The van der Waals surface area contributed by atoms with Gasteiger partial charge >= 0.3 is 0 Å². The zero-order valence-electron chi connectivity index (χ0n) is 18.1. The predicted molar refractivity (Wildman–Crippen MR) is 120 cm³/mol. The topological polar surface area (TPSA) is 40.5 Å². The molecule has 0 bridgehead atoms. The van der Waals surface area contributed by atoms with Crippen LogP contribution in [-0.4, -0.2) is 10.2 Å². The summed E-state index contributed by atoms with van der Waals surface area (Å²) in [6, 6.07) is 12.4. The van der Waals surface area contributed by atoms with Gasteiger partial charge in [-0.25, -0.2) is 0 Å². The lowest BCUT2D eigenvalue weighted by Gasteiger charge is -2.32. The Morgan fingerprint density at radius 2 is 1.00 bits per heavy atom. The van der Waals surface area contributed by atoms with Crippen molar-refractivity contribution in [3.05, 3.63) is 58.7 Å². The molecule has 0 amide bonds. The van der Waals surface area contributed by atoms with Crippen LogP contribution in [0.3, 0.4) is 0 Å². The molecule has 2 aromatic rings. The summed E-state index contributed by atoms with van der Waals surface area (Å²) in [5.74, 6) is 1.79. The maximum Gasteiger partial charge on any atom is 0.123 e. The highest BCUT2D eigenvalue weighted by molar-refractivity contribution is 5.55. The highest BCUT2D eigenvalue weighted by atomic mass is 16.3. The first kappa shape index (κ1) is 20.3. The normalized spacial score (nSPS) is 19.4. The van der Waals surface area contributed by atoms with Crippen molar-refractivity contribution in [3.63, 3.8) is 0 Å². The molecule has 0 heterocycles. The Bertz CT molecular complexity index is 770. The van der Waals surface area contributed by atoms with Crippen molar-refractivity contribution in [3.8, 4) is 11.5 Å². The molecule has 2 saturated carbocycles. The second-order valence-electron chi connectivity index (χ2n) is 9.78. The predicted octanol–water partition coefficient (Wildman–Crippen LogP) is 7.52. The van der Waals surface area contributed by atoms with Gasteiger partial charge in [-0.3, -0.25) is 0 Å². The average Bonchev–Trinajstić information content (AvgIpc) is 2.75. The number of benzene rings is 2. The van der Waals surface area contributed by atoms with Gasteiger partial charge in [0.2, 0.25) is 0 Å². The lowest BCUT2D eigenvalue weighted by Crippen LogP contribution is -2.21. The van der Waals surface area contributed by atoms with E-state index in [-0.39, 0.29) is 0 Å². The standard InChI is InChI=1S/C27H36O2/c1-27(2,23-17-9-15-21(25(23)28)19-11-5-3-6-12-19)24-18-10-16-22(26(24)29)20-13-7-4-8-14-20/h9-10,15-20,28-29H,3-8,11-14H2,1-2H3. The van der Waals surface area contributed by atoms with Crippen molar-refractivity contribution in [2.75, 3.05) is 0 Å². The van der Waals surface area contributed by atoms with Crippen molar-refractivity contribution in [1.29, 1.82) is 0 Å².